The Labute approximate surface area is 304 Å². The van der Waals surface area contributed by atoms with Gasteiger partial charge in [-0.3, -0.25) is 19.8 Å². The Balaban J connectivity index is 0.000000155. The van der Waals surface area contributed by atoms with E-state index in [1.54, 1.807) is 13.6 Å². The molecular weight excluding hydrogens is 745 g/mol. The first-order valence-corrected chi connectivity index (χ1v) is 18.2. The molecule has 3 aromatic heterocycles. The zero-order chi connectivity index (χ0) is 33.6. The summed E-state index contributed by atoms with van der Waals surface area (Å²) in [7, 11) is 1.59. The van der Waals surface area contributed by atoms with Crippen molar-refractivity contribution in [3.8, 4) is 22.5 Å². The lowest BCUT2D eigenvalue weighted by Gasteiger charge is -2.26. The normalized spacial score (nSPS) is 16.5. The van der Waals surface area contributed by atoms with E-state index in [0.29, 0.717) is 0 Å². The average molecular weight is 782 g/mol. The van der Waals surface area contributed by atoms with Crippen LogP contribution < -0.4 is 0 Å². The molecular formula is C38H37BBr2N5O3. The molecule has 5 heterocycles. The molecule has 0 atom stereocenters. The summed E-state index contributed by atoms with van der Waals surface area (Å²) in [6, 6.07) is 22.8. The van der Waals surface area contributed by atoms with Crippen molar-refractivity contribution in [3.05, 3.63) is 110 Å². The van der Waals surface area contributed by atoms with Crippen molar-refractivity contribution in [2.24, 2.45) is 0 Å². The van der Waals surface area contributed by atoms with Gasteiger partial charge in [0.25, 0.3) is 0 Å². The van der Waals surface area contributed by atoms with Crippen LogP contribution in [0.15, 0.2) is 93.6 Å². The molecule has 49 heavy (non-hydrogen) atoms. The molecule has 2 aromatic carbocycles. The fraction of sp³-hybridized carbons (Fsp3) is 0.289. The fourth-order valence-corrected chi connectivity index (χ4v) is 7.23. The van der Waals surface area contributed by atoms with Gasteiger partial charge in [0.1, 0.15) is 6.19 Å². The molecule has 1 radical (unpaired) electrons. The smallest absolute Gasteiger partial charge is 0.333 e. The van der Waals surface area contributed by atoms with E-state index in [0.717, 1.165) is 121 Å². The highest BCUT2D eigenvalue weighted by Crippen LogP contribution is 2.34. The van der Waals surface area contributed by atoms with Crippen LogP contribution in [0.4, 0.5) is 0 Å². The van der Waals surface area contributed by atoms with Crippen molar-refractivity contribution in [3.63, 3.8) is 0 Å². The number of fused-ring (bicyclic) bond motifs is 2. The minimum absolute atomic E-state index is 0.753. The Hall–Kier alpha value is -3.45. The lowest BCUT2D eigenvalue weighted by atomic mass is 9.97. The lowest BCUT2D eigenvalue weighted by Crippen LogP contribution is -2.37. The Kier molecular flexibility index (Phi) is 11.1. The minimum atomic E-state index is 0.753. The highest BCUT2D eigenvalue weighted by Gasteiger charge is 2.21. The molecule has 0 amide bonds. The van der Waals surface area contributed by atoms with Gasteiger partial charge in [-0.05, 0) is 54.4 Å². The van der Waals surface area contributed by atoms with Crippen LogP contribution in [-0.4, -0.2) is 97.0 Å². The number of benzene rings is 2. The molecule has 1 aliphatic carbocycles. The van der Waals surface area contributed by atoms with Gasteiger partial charge in [0.15, 0.2) is 0 Å². The molecule has 0 saturated carbocycles. The predicted molar refractivity (Wildman–Crippen MR) is 203 cm³/mol. The third-order valence-electron chi connectivity index (χ3n) is 9.16. The van der Waals surface area contributed by atoms with Crippen LogP contribution >= 0.6 is 31.9 Å². The first-order valence-electron chi connectivity index (χ1n) is 16.6. The monoisotopic (exact) mass is 780 g/mol. The lowest BCUT2D eigenvalue weighted by molar-refractivity contribution is 0.0336. The third-order valence-corrected chi connectivity index (χ3v) is 10.2. The summed E-state index contributed by atoms with van der Waals surface area (Å²) >= 11 is 6.97. The highest BCUT2D eigenvalue weighted by molar-refractivity contribution is 9.10. The molecule has 8 nitrogen and oxygen atoms in total. The number of ether oxygens (including phenoxy) is 2. The second-order valence-corrected chi connectivity index (χ2v) is 14.2. The molecule has 5 aromatic rings. The largest absolute Gasteiger partial charge is 0.384 e. The number of aromatic nitrogens is 3. The molecule has 2 fully saturated rings. The zero-order valence-electron chi connectivity index (χ0n) is 27.2. The summed E-state index contributed by atoms with van der Waals surface area (Å²) in [6.07, 6.45) is 7.95. The van der Waals surface area contributed by atoms with E-state index in [1.807, 2.05) is 41.0 Å². The van der Waals surface area contributed by atoms with Gasteiger partial charge in [0.05, 0.1) is 37.8 Å². The summed E-state index contributed by atoms with van der Waals surface area (Å²) in [5.74, 6) is 0. The van der Waals surface area contributed by atoms with Crippen molar-refractivity contribution in [1.29, 1.82) is 0 Å². The van der Waals surface area contributed by atoms with E-state index in [-0.39, 0.29) is 0 Å². The Bertz CT molecular complexity index is 1940. The summed E-state index contributed by atoms with van der Waals surface area (Å²) in [6.45, 7) is 8.91. The number of pyridine rings is 2. The Morgan fingerprint density at radius 3 is 1.94 bits per heavy atom. The molecule has 11 heteroatoms. The molecule has 0 bridgehead atoms. The topological polar surface area (TPSA) is 72.7 Å². The van der Waals surface area contributed by atoms with Gasteiger partial charge in [-0.2, -0.15) is 0 Å². The maximum atomic E-state index is 11.2. The van der Waals surface area contributed by atoms with Gasteiger partial charge < -0.3 is 18.7 Å². The molecule has 0 spiro atoms. The van der Waals surface area contributed by atoms with Crippen molar-refractivity contribution in [1.82, 2.24) is 24.2 Å². The minimum Gasteiger partial charge on any atom is -0.384 e. The molecule has 8 rings (SSSR count). The van der Waals surface area contributed by atoms with Gasteiger partial charge in [-0.15, -0.1) is 0 Å². The zero-order valence-corrected chi connectivity index (χ0v) is 30.4. The highest BCUT2D eigenvalue weighted by atomic mass is 79.9. The average Bonchev–Trinajstić information content (AvgIpc) is 3.71. The van der Waals surface area contributed by atoms with E-state index < -0.39 is 0 Å². The number of rotatable bonds is 8. The van der Waals surface area contributed by atoms with Gasteiger partial charge in [-0.25, -0.2) is 0 Å². The van der Waals surface area contributed by atoms with Crippen molar-refractivity contribution in [2.75, 3.05) is 59.2 Å². The fourth-order valence-electron chi connectivity index (χ4n) is 6.71. The van der Waals surface area contributed by atoms with Crippen molar-refractivity contribution < 1.29 is 14.3 Å². The quantitative estimate of drug-likeness (QED) is 0.128. The molecule has 249 valence electrons. The molecule has 2 saturated heterocycles. The van der Waals surface area contributed by atoms with E-state index in [1.165, 1.54) is 22.3 Å². The number of carbonyl (C=O) groups excluding carboxylic acids is 1. The molecule has 0 N–H and O–H groups in total. The van der Waals surface area contributed by atoms with Gasteiger partial charge >= 0.3 is 7.41 Å². The van der Waals surface area contributed by atoms with E-state index in [2.05, 4.69) is 94.1 Å². The van der Waals surface area contributed by atoms with Crippen LogP contribution in [0.2, 0.25) is 0 Å². The van der Waals surface area contributed by atoms with Crippen LogP contribution in [0.5, 0.6) is 0 Å². The maximum absolute atomic E-state index is 11.2. The standard InChI is InChI=1S/C19H18BBrN3O2.C19H19BrN2O/c21-15-3-1-14(2-4-15)19-17-11-16(12-23-7-9-26-10-8-23)24(20-13-25)18(17)5-6-22-19;20-17-3-1-15(2-4-17)19-18-12-14(11-16(18)5-6-21-19)13-22-7-9-23-10-8-22/h1-6,11,13H,7-10,12H2;1-6,12H,7-11,13H2. The van der Waals surface area contributed by atoms with Crippen molar-refractivity contribution >= 4 is 62.4 Å². The summed E-state index contributed by atoms with van der Waals surface area (Å²) in [4.78, 5) is 25.3. The molecule has 2 aliphatic heterocycles. The van der Waals surface area contributed by atoms with Gasteiger partial charge in [0.2, 0.25) is 0 Å². The van der Waals surface area contributed by atoms with E-state index >= 15 is 0 Å². The van der Waals surface area contributed by atoms with E-state index in [4.69, 9.17) is 9.47 Å². The number of hydrogen-bond acceptors (Lipinski definition) is 7. The number of carbonyl (C=O) groups is 1. The Morgan fingerprint density at radius 2 is 1.31 bits per heavy atom. The van der Waals surface area contributed by atoms with Gasteiger partial charge in [0, 0.05) is 93.9 Å². The number of halogens is 2. The van der Waals surface area contributed by atoms with Crippen molar-refractivity contribution in [2.45, 2.75) is 13.0 Å². The SMILES string of the molecule is Brc1ccc(-c2nccc3c2C=C(CN2CCOCC2)C3)cc1.O=C[B]n1c(CN2CCOCC2)cc2c(-c3ccc(Br)cc3)nccc21. The summed E-state index contributed by atoms with van der Waals surface area (Å²) in [5.41, 5.74) is 10.5. The Morgan fingerprint density at radius 1 is 0.735 bits per heavy atom. The number of morpholine rings is 2. The molecule has 0 unspecified atom stereocenters. The van der Waals surface area contributed by atoms with E-state index in [9.17, 15) is 4.79 Å². The van der Waals surface area contributed by atoms with Crippen LogP contribution in [0, 0.1) is 0 Å². The van der Waals surface area contributed by atoms with Crippen LogP contribution in [0.1, 0.15) is 16.8 Å². The second kappa shape index (κ2) is 16.1. The maximum Gasteiger partial charge on any atom is 0.333 e. The third kappa shape index (κ3) is 8.14. The van der Waals surface area contributed by atoms with Crippen LogP contribution in [0.3, 0.4) is 0 Å². The predicted octanol–water partition coefficient (Wildman–Crippen LogP) is 6.74. The first kappa shape index (κ1) is 34.0. The second-order valence-electron chi connectivity index (χ2n) is 12.4. The first-order chi connectivity index (χ1) is 24.1. The summed E-state index contributed by atoms with van der Waals surface area (Å²) in [5, 5.41) is 1.05. The number of nitrogens with zero attached hydrogens (tertiary/aromatic N) is 5. The summed E-state index contributed by atoms with van der Waals surface area (Å²) < 4.78 is 15.0. The number of hydrogen-bond donors (Lipinski definition) is 0. The van der Waals surface area contributed by atoms with Crippen LogP contribution in [-0.2, 0) is 27.2 Å². The van der Waals surface area contributed by atoms with Crippen LogP contribution in [0.25, 0.3) is 39.5 Å². The van der Waals surface area contributed by atoms with Gasteiger partial charge in [-0.1, -0.05) is 67.8 Å². The molecule has 3 aliphatic rings.